The maximum absolute atomic E-state index is 13.7. The van der Waals surface area contributed by atoms with Gasteiger partial charge >= 0.3 is 0 Å². The van der Waals surface area contributed by atoms with E-state index in [9.17, 15) is 9.59 Å². The van der Waals surface area contributed by atoms with Gasteiger partial charge in [0.2, 0.25) is 0 Å². The van der Waals surface area contributed by atoms with Gasteiger partial charge in [0.25, 0.3) is 11.5 Å². The normalized spacial score (nSPS) is 12.1. The SMILES string of the molecule is CC(c1nc2ccccc2c(=O)n1-c1ccc2ccccc2c1)N(C)C(=O)c1cccc(Br)c1. The van der Waals surface area contributed by atoms with Gasteiger partial charge in [-0.1, -0.05) is 64.5 Å². The number of para-hydroxylation sites is 1. The largest absolute Gasteiger partial charge is 0.332 e. The summed E-state index contributed by atoms with van der Waals surface area (Å²) in [4.78, 5) is 33.5. The molecule has 0 saturated heterocycles. The average molecular weight is 512 g/mol. The summed E-state index contributed by atoms with van der Waals surface area (Å²) in [5, 5.41) is 2.65. The molecule has 0 spiro atoms. The number of rotatable bonds is 4. The molecule has 1 unspecified atom stereocenters. The van der Waals surface area contributed by atoms with Crippen LogP contribution in [-0.4, -0.2) is 27.4 Å². The summed E-state index contributed by atoms with van der Waals surface area (Å²) in [5.41, 5.74) is 1.72. The van der Waals surface area contributed by atoms with Gasteiger partial charge in [0.15, 0.2) is 0 Å². The zero-order valence-electron chi connectivity index (χ0n) is 18.8. The topological polar surface area (TPSA) is 55.2 Å². The van der Waals surface area contributed by atoms with Gasteiger partial charge in [-0.25, -0.2) is 4.98 Å². The summed E-state index contributed by atoms with van der Waals surface area (Å²) in [5.74, 6) is 0.353. The second-order valence-electron chi connectivity index (χ2n) is 8.26. The molecule has 1 heterocycles. The molecule has 6 heteroatoms. The number of aromatic nitrogens is 2. The number of carbonyl (C=O) groups is 1. The number of hydrogen-bond acceptors (Lipinski definition) is 3. The molecule has 168 valence electrons. The van der Waals surface area contributed by atoms with Crippen LogP contribution < -0.4 is 5.56 Å². The van der Waals surface area contributed by atoms with Gasteiger partial charge in [-0.3, -0.25) is 14.2 Å². The fraction of sp³-hybridized carbons (Fsp3) is 0.107. The van der Waals surface area contributed by atoms with E-state index in [-0.39, 0.29) is 11.5 Å². The Kier molecular flexibility index (Phi) is 5.75. The van der Waals surface area contributed by atoms with Gasteiger partial charge in [0.1, 0.15) is 5.82 Å². The Morgan fingerprint density at radius 2 is 1.65 bits per heavy atom. The van der Waals surface area contributed by atoms with Crippen LogP contribution in [0.15, 0.2) is 100 Å². The molecule has 0 fully saturated rings. The number of amides is 1. The molecule has 5 rings (SSSR count). The van der Waals surface area contributed by atoms with Crippen LogP contribution in [0.5, 0.6) is 0 Å². The van der Waals surface area contributed by atoms with Crippen LogP contribution >= 0.6 is 15.9 Å². The number of nitrogens with zero attached hydrogens (tertiary/aromatic N) is 3. The molecule has 4 aromatic carbocycles. The van der Waals surface area contributed by atoms with Gasteiger partial charge < -0.3 is 4.90 Å². The van der Waals surface area contributed by atoms with Crippen molar-refractivity contribution in [1.29, 1.82) is 0 Å². The fourth-order valence-electron chi connectivity index (χ4n) is 4.17. The highest BCUT2D eigenvalue weighted by atomic mass is 79.9. The summed E-state index contributed by atoms with van der Waals surface area (Å²) in [6, 6.07) is 28.0. The van der Waals surface area contributed by atoms with Gasteiger partial charge in [-0.15, -0.1) is 0 Å². The van der Waals surface area contributed by atoms with Crippen molar-refractivity contribution < 1.29 is 4.79 Å². The minimum Gasteiger partial charge on any atom is -0.332 e. The van der Waals surface area contributed by atoms with E-state index >= 15 is 0 Å². The second kappa shape index (κ2) is 8.88. The molecule has 1 aromatic heterocycles. The molecule has 0 bridgehead atoms. The van der Waals surface area contributed by atoms with E-state index in [1.165, 1.54) is 0 Å². The van der Waals surface area contributed by atoms with Gasteiger partial charge in [-0.2, -0.15) is 0 Å². The van der Waals surface area contributed by atoms with Crippen molar-refractivity contribution in [1.82, 2.24) is 14.5 Å². The number of carbonyl (C=O) groups excluding carboxylic acids is 1. The van der Waals surface area contributed by atoms with Gasteiger partial charge in [0, 0.05) is 17.1 Å². The average Bonchev–Trinajstić information content (AvgIpc) is 2.87. The van der Waals surface area contributed by atoms with Crippen molar-refractivity contribution in [2.75, 3.05) is 7.05 Å². The number of hydrogen-bond donors (Lipinski definition) is 0. The van der Waals surface area contributed by atoms with E-state index in [0.717, 1.165) is 15.2 Å². The molecule has 0 N–H and O–H groups in total. The van der Waals surface area contributed by atoms with Crippen LogP contribution in [0.2, 0.25) is 0 Å². The Bertz CT molecular complexity index is 1610. The molecule has 5 nitrogen and oxygen atoms in total. The van der Waals surface area contributed by atoms with Gasteiger partial charge in [0.05, 0.1) is 22.6 Å². The zero-order chi connectivity index (χ0) is 23.8. The van der Waals surface area contributed by atoms with E-state index < -0.39 is 6.04 Å². The molecule has 0 aliphatic carbocycles. The van der Waals surface area contributed by atoms with Gasteiger partial charge in [-0.05, 0) is 60.2 Å². The summed E-state index contributed by atoms with van der Waals surface area (Å²) in [6.45, 7) is 1.89. The standard InChI is InChI=1S/C28H22BrN3O2/c1-18(31(2)27(33)21-10-7-11-22(29)16-21)26-30-25-13-6-5-12-24(25)28(34)32(26)23-15-14-19-8-3-4-9-20(19)17-23/h3-18H,1-2H3. The first-order chi connectivity index (χ1) is 16.4. The van der Waals surface area contributed by atoms with Crippen molar-refractivity contribution in [3.63, 3.8) is 0 Å². The highest BCUT2D eigenvalue weighted by Gasteiger charge is 2.25. The lowest BCUT2D eigenvalue weighted by atomic mass is 10.1. The van der Waals surface area contributed by atoms with Crippen LogP contribution in [0, 0.1) is 0 Å². The summed E-state index contributed by atoms with van der Waals surface area (Å²) in [7, 11) is 1.74. The zero-order valence-corrected chi connectivity index (χ0v) is 20.4. The number of halogens is 1. The first-order valence-electron chi connectivity index (χ1n) is 11.0. The number of benzene rings is 4. The third kappa shape index (κ3) is 3.90. The Balaban J connectivity index is 1.69. The van der Waals surface area contributed by atoms with Crippen LogP contribution in [0.4, 0.5) is 0 Å². The van der Waals surface area contributed by atoms with Crippen LogP contribution in [0.25, 0.3) is 27.4 Å². The summed E-state index contributed by atoms with van der Waals surface area (Å²) >= 11 is 3.43. The predicted octanol–water partition coefficient (Wildman–Crippen LogP) is 6.13. The predicted molar refractivity (Wildman–Crippen MR) is 139 cm³/mol. The molecule has 0 radical (unpaired) electrons. The van der Waals surface area contributed by atoms with Crippen LogP contribution in [0.1, 0.15) is 29.1 Å². The van der Waals surface area contributed by atoms with E-state index in [1.807, 2.05) is 79.7 Å². The molecule has 0 aliphatic rings. The van der Waals surface area contributed by atoms with E-state index in [4.69, 9.17) is 4.98 Å². The minimum atomic E-state index is -0.463. The summed E-state index contributed by atoms with van der Waals surface area (Å²) in [6.07, 6.45) is 0. The molecule has 1 amide bonds. The Morgan fingerprint density at radius 1 is 0.912 bits per heavy atom. The van der Waals surface area contributed by atoms with Crippen LogP contribution in [-0.2, 0) is 0 Å². The third-order valence-corrected chi connectivity index (χ3v) is 6.63. The van der Waals surface area contributed by atoms with Crippen molar-refractivity contribution in [3.8, 4) is 5.69 Å². The highest BCUT2D eigenvalue weighted by molar-refractivity contribution is 9.10. The van der Waals surface area contributed by atoms with Crippen molar-refractivity contribution in [2.45, 2.75) is 13.0 Å². The Hall–Kier alpha value is -3.77. The monoisotopic (exact) mass is 511 g/mol. The lowest BCUT2D eigenvalue weighted by Gasteiger charge is -2.27. The smallest absolute Gasteiger partial charge is 0.266 e. The minimum absolute atomic E-state index is 0.152. The first kappa shape index (κ1) is 22.0. The maximum atomic E-state index is 13.7. The lowest BCUT2D eigenvalue weighted by Crippen LogP contribution is -2.34. The second-order valence-corrected chi connectivity index (χ2v) is 9.18. The van der Waals surface area contributed by atoms with E-state index in [0.29, 0.717) is 28.0 Å². The van der Waals surface area contributed by atoms with E-state index in [2.05, 4.69) is 15.9 Å². The maximum Gasteiger partial charge on any atom is 0.266 e. The molecular weight excluding hydrogens is 490 g/mol. The van der Waals surface area contributed by atoms with Crippen molar-refractivity contribution >= 4 is 43.5 Å². The van der Waals surface area contributed by atoms with Crippen molar-refractivity contribution in [2.24, 2.45) is 0 Å². The molecular formula is C28H22BrN3O2. The van der Waals surface area contributed by atoms with Crippen LogP contribution in [0.3, 0.4) is 0 Å². The quantitative estimate of drug-likeness (QED) is 0.291. The van der Waals surface area contributed by atoms with Crippen molar-refractivity contribution in [3.05, 3.63) is 117 Å². The molecule has 0 aliphatic heterocycles. The summed E-state index contributed by atoms with van der Waals surface area (Å²) < 4.78 is 2.46. The van der Waals surface area contributed by atoms with E-state index in [1.54, 1.807) is 34.7 Å². The Morgan fingerprint density at radius 3 is 2.44 bits per heavy atom. The first-order valence-corrected chi connectivity index (χ1v) is 11.8. The number of fused-ring (bicyclic) bond motifs is 2. The molecule has 1 atom stereocenters. The molecule has 34 heavy (non-hydrogen) atoms. The molecule has 0 saturated carbocycles. The molecule has 5 aromatic rings. The fourth-order valence-corrected chi connectivity index (χ4v) is 4.57. The lowest BCUT2D eigenvalue weighted by molar-refractivity contribution is 0.0735. The Labute approximate surface area is 205 Å². The highest BCUT2D eigenvalue weighted by Crippen LogP contribution is 2.25. The third-order valence-electron chi connectivity index (χ3n) is 6.14.